The number of sulfonamides is 1. The molecule has 3 fully saturated rings. The molecule has 0 atom stereocenters. The largest absolute Gasteiger partial charge is 0.356 e. The molecule has 1 aromatic rings. The Morgan fingerprint density at radius 2 is 1.57 bits per heavy atom. The number of halogens is 2. The van der Waals surface area contributed by atoms with Crippen LogP contribution in [0.1, 0.15) is 38.5 Å². The van der Waals surface area contributed by atoms with Crippen molar-refractivity contribution in [2.24, 2.45) is 5.41 Å². The number of alkyl halides is 2. The number of anilines is 1. The van der Waals surface area contributed by atoms with Gasteiger partial charge in [0.15, 0.2) is 0 Å². The maximum absolute atomic E-state index is 13.3. The fraction of sp³-hybridized carbons (Fsp3) is 0.737. The minimum absolute atomic E-state index is 0.180. The predicted molar refractivity (Wildman–Crippen MR) is 103 cm³/mol. The van der Waals surface area contributed by atoms with E-state index in [0.717, 1.165) is 38.8 Å². The molecule has 1 aromatic heterocycles. The van der Waals surface area contributed by atoms with E-state index in [9.17, 15) is 17.2 Å². The molecule has 1 spiro atoms. The summed E-state index contributed by atoms with van der Waals surface area (Å²) >= 11 is 0. The Balaban J connectivity index is 1.41. The SMILES string of the molecule is O=S(=O)(c1ccc(N2CCC(F)(F)CC2)nc1)N1CCC2(CCNCC2)CC1. The van der Waals surface area contributed by atoms with Crippen molar-refractivity contribution in [3.05, 3.63) is 18.3 Å². The van der Waals surface area contributed by atoms with Gasteiger partial charge in [0, 0.05) is 45.2 Å². The van der Waals surface area contributed by atoms with Crippen LogP contribution in [0.25, 0.3) is 0 Å². The normalized spacial score (nSPS) is 25.7. The van der Waals surface area contributed by atoms with Gasteiger partial charge in [0.2, 0.25) is 10.0 Å². The third-order valence-electron chi connectivity index (χ3n) is 6.62. The first-order chi connectivity index (χ1) is 13.3. The molecule has 4 rings (SSSR count). The number of pyridine rings is 1. The van der Waals surface area contributed by atoms with E-state index >= 15 is 0 Å². The number of nitrogens with one attached hydrogen (secondary N) is 1. The Morgan fingerprint density at radius 3 is 2.14 bits per heavy atom. The minimum atomic E-state index is -3.57. The number of hydrogen-bond donors (Lipinski definition) is 1. The maximum Gasteiger partial charge on any atom is 0.251 e. The van der Waals surface area contributed by atoms with Gasteiger partial charge in [-0.25, -0.2) is 22.2 Å². The lowest BCUT2D eigenvalue weighted by atomic mass is 9.72. The van der Waals surface area contributed by atoms with Crippen LogP contribution in [0, 0.1) is 5.41 Å². The van der Waals surface area contributed by atoms with Crippen molar-refractivity contribution >= 4 is 15.8 Å². The highest BCUT2D eigenvalue weighted by atomic mass is 32.2. The van der Waals surface area contributed by atoms with Crippen molar-refractivity contribution < 1.29 is 17.2 Å². The summed E-state index contributed by atoms with van der Waals surface area (Å²) in [6.45, 7) is 3.59. The van der Waals surface area contributed by atoms with Crippen LogP contribution in [0.15, 0.2) is 23.2 Å². The van der Waals surface area contributed by atoms with Gasteiger partial charge in [-0.05, 0) is 56.3 Å². The molecule has 3 saturated heterocycles. The van der Waals surface area contributed by atoms with Crippen LogP contribution in [-0.4, -0.2) is 62.9 Å². The fourth-order valence-corrected chi connectivity index (χ4v) is 5.97. The second-order valence-electron chi connectivity index (χ2n) is 8.35. The first kappa shape index (κ1) is 20.0. The van der Waals surface area contributed by atoms with E-state index in [2.05, 4.69) is 10.3 Å². The third kappa shape index (κ3) is 4.02. The molecule has 0 bridgehead atoms. The average Bonchev–Trinajstić information content (AvgIpc) is 2.69. The summed E-state index contributed by atoms with van der Waals surface area (Å²) in [4.78, 5) is 6.23. The van der Waals surface area contributed by atoms with Crippen molar-refractivity contribution in [3.63, 3.8) is 0 Å². The van der Waals surface area contributed by atoms with Crippen molar-refractivity contribution in [3.8, 4) is 0 Å². The van der Waals surface area contributed by atoms with Crippen molar-refractivity contribution in [2.45, 2.75) is 49.3 Å². The summed E-state index contributed by atoms with van der Waals surface area (Å²) in [5.41, 5.74) is 0.287. The van der Waals surface area contributed by atoms with Gasteiger partial charge in [0.25, 0.3) is 5.92 Å². The van der Waals surface area contributed by atoms with E-state index < -0.39 is 15.9 Å². The Morgan fingerprint density at radius 1 is 0.929 bits per heavy atom. The van der Waals surface area contributed by atoms with Crippen molar-refractivity contribution in [1.29, 1.82) is 0 Å². The molecule has 0 amide bonds. The van der Waals surface area contributed by atoms with Gasteiger partial charge in [-0.1, -0.05) is 0 Å². The van der Waals surface area contributed by atoms with E-state index in [1.807, 2.05) is 0 Å². The Bertz CT molecular complexity index is 775. The molecule has 156 valence electrons. The number of aromatic nitrogens is 1. The first-order valence-corrected chi connectivity index (χ1v) is 11.5. The predicted octanol–water partition coefficient (Wildman–Crippen LogP) is 2.47. The molecule has 28 heavy (non-hydrogen) atoms. The average molecular weight is 415 g/mol. The van der Waals surface area contributed by atoms with Crippen molar-refractivity contribution in [2.75, 3.05) is 44.2 Å². The summed E-state index contributed by atoms with van der Waals surface area (Å²) < 4.78 is 54.2. The Labute approximate surface area is 165 Å². The van der Waals surface area contributed by atoms with E-state index in [1.54, 1.807) is 21.3 Å². The third-order valence-corrected chi connectivity index (χ3v) is 8.51. The molecular weight excluding hydrogens is 386 g/mol. The van der Waals surface area contributed by atoms with Crippen LogP contribution < -0.4 is 10.2 Å². The molecular formula is C19H28F2N4O2S. The summed E-state index contributed by atoms with van der Waals surface area (Å²) in [6, 6.07) is 3.19. The lowest BCUT2D eigenvalue weighted by Crippen LogP contribution is -2.47. The van der Waals surface area contributed by atoms with Crippen LogP contribution in [-0.2, 0) is 10.0 Å². The molecule has 3 aliphatic rings. The van der Waals surface area contributed by atoms with Crippen LogP contribution in [0.2, 0.25) is 0 Å². The van der Waals surface area contributed by atoms with Gasteiger partial charge in [-0.3, -0.25) is 0 Å². The highest BCUT2D eigenvalue weighted by Crippen LogP contribution is 2.40. The number of piperidine rings is 3. The molecule has 4 heterocycles. The van der Waals surface area contributed by atoms with E-state index in [-0.39, 0.29) is 36.2 Å². The van der Waals surface area contributed by atoms with E-state index in [1.165, 1.54) is 6.20 Å². The maximum atomic E-state index is 13.3. The topological polar surface area (TPSA) is 65.5 Å². The monoisotopic (exact) mass is 414 g/mol. The highest BCUT2D eigenvalue weighted by molar-refractivity contribution is 7.89. The fourth-order valence-electron chi connectivity index (χ4n) is 4.58. The van der Waals surface area contributed by atoms with E-state index in [4.69, 9.17) is 0 Å². The van der Waals surface area contributed by atoms with Gasteiger partial charge in [-0.15, -0.1) is 0 Å². The number of rotatable bonds is 3. The molecule has 0 unspecified atom stereocenters. The molecule has 0 aromatic carbocycles. The van der Waals surface area contributed by atoms with Crippen molar-refractivity contribution in [1.82, 2.24) is 14.6 Å². The van der Waals surface area contributed by atoms with Gasteiger partial charge >= 0.3 is 0 Å². The summed E-state index contributed by atoms with van der Waals surface area (Å²) in [6.07, 6.45) is 5.02. The molecule has 6 nitrogen and oxygen atoms in total. The lowest BCUT2D eigenvalue weighted by Gasteiger charge is -2.43. The molecule has 1 N–H and O–H groups in total. The molecule has 0 aliphatic carbocycles. The molecule has 9 heteroatoms. The second-order valence-corrected chi connectivity index (χ2v) is 10.3. The van der Waals surface area contributed by atoms with Gasteiger partial charge in [0.05, 0.1) is 0 Å². The highest BCUT2D eigenvalue weighted by Gasteiger charge is 2.39. The molecule has 0 radical (unpaired) electrons. The van der Waals surface area contributed by atoms with Gasteiger partial charge in [-0.2, -0.15) is 4.31 Å². The van der Waals surface area contributed by atoms with Crippen LogP contribution >= 0.6 is 0 Å². The number of nitrogens with zero attached hydrogens (tertiary/aromatic N) is 3. The summed E-state index contributed by atoms with van der Waals surface area (Å²) in [5, 5.41) is 3.37. The second kappa shape index (κ2) is 7.50. The Kier molecular flexibility index (Phi) is 5.35. The summed E-state index contributed by atoms with van der Waals surface area (Å²) in [7, 11) is -3.57. The standard InChI is InChI=1S/C19H28F2N4O2S/c20-19(21)7-11-24(12-8-19)17-2-1-16(15-23-17)28(26,27)25-13-5-18(6-14-25)3-9-22-10-4-18/h1-2,15,22H,3-14H2. The first-order valence-electron chi connectivity index (χ1n) is 10.1. The molecule has 3 aliphatic heterocycles. The minimum Gasteiger partial charge on any atom is -0.356 e. The Hall–Kier alpha value is -1.32. The van der Waals surface area contributed by atoms with Gasteiger partial charge < -0.3 is 10.2 Å². The molecule has 0 saturated carbocycles. The zero-order valence-corrected chi connectivity index (χ0v) is 16.9. The van der Waals surface area contributed by atoms with E-state index in [0.29, 0.717) is 18.9 Å². The smallest absolute Gasteiger partial charge is 0.251 e. The zero-order chi connectivity index (χ0) is 19.8. The van der Waals surface area contributed by atoms with Crippen LogP contribution in [0.4, 0.5) is 14.6 Å². The quantitative estimate of drug-likeness (QED) is 0.823. The zero-order valence-electron chi connectivity index (χ0n) is 16.0. The lowest BCUT2D eigenvalue weighted by molar-refractivity contribution is -0.0221. The summed E-state index contributed by atoms with van der Waals surface area (Å²) in [5.74, 6) is -2.05. The van der Waals surface area contributed by atoms with Crippen LogP contribution in [0.3, 0.4) is 0 Å². The van der Waals surface area contributed by atoms with Gasteiger partial charge in [0.1, 0.15) is 10.7 Å². The number of hydrogen-bond acceptors (Lipinski definition) is 5. The van der Waals surface area contributed by atoms with Crippen LogP contribution in [0.5, 0.6) is 0 Å².